The van der Waals surface area contributed by atoms with Gasteiger partial charge >= 0.3 is 0 Å². The molecule has 0 saturated carbocycles. The lowest BCUT2D eigenvalue weighted by molar-refractivity contribution is 0.0942. The number of hydrogen-bond donors (Lipinski definition) is 1. The summed E-state index contributed by atoms with van der Waals surface area (Å²) >= 11 is 0. The normalized spacial score (nSPS) is 10.4. The van der Waals surface area contributed by atoms with Crippen molar-refractivity contribution in [2.24, 2.45) is 0 Å². The fourth-order valence-corrected chi connectivity index (χ4v) is 2.79. The van der Waals surface area contributed by atoms with Crippen LogP contribution in [0.4, 0.5) is 0 Å². The summed E-state index contributed by atoms with van der Waals surface area (Å²) in [5.74, 6) is 0.684. The summed E-state index contributed by atoms with van der Waals surface area (Å²) in [6.07, 6.45) is 0. The van der Waals surface area contributed by atoms with Crippen molar-refractivity contribution in [2.45, 2.75) is 13.5 Å². The fourth-order valence-electron chi connectivity index (χ4n) is 2.79. The first kappa shape index (κ1) is 19.2. The molecule has 0 spiro atoms. The molecule has 0 saturated heterocycles. The number of para-hydroxylation sites is 1. The zero-order valence-corrected chi connectivity index (χ0v) is 15.9. The molecule has 0 atom stereocenters. The molecule has 7 heteroatoms. The number of methoxy groups -OCH3 is 2. The number of aryl methyl sites for hydroxylation is 1. The predicted octanol–water partition coefficient (Wildman–Crippen LogP) is 2.49. The first-order valence-corrected chi connectivity index (χ1v) is 8.69. The zero-order chi connectivity index (χ0) is 20.1. The van der Waals surface area contributed by atoms with Crippen LogP contribution in [0.25, 0.3) is 5.69 Å². The SMILES string of the molecule is COc1ccc(CNC(=O)c2nn(-c3ccccc3)c(C)cc2=O)c(OC)c1. The van der Waals surface area contributed by atoms with E-state index < -0.39 is 11.3 Å². The summed E-state index contributed by atoms with van der Waals surface area (Å²) in [4.78, 5) is 24.9. The van der Waals surface area contributed by atoms with E-state index in [-0.39, 0.29) is 12.2 Å². The predicted molar refractivity (Wildman–Crippen MR) is 105 cm³/mol. The number of nitrogens with zero attached hydrogens (tertiary/aromatic N) is 2. The van der Waals surface area contributed by atoms with Gasteiger partial charge in [0.05, 0.1) is 19.9 Å². The molecular weight excluding hydrogens is 358 g/mol. The van der Waals surface area contributed by atoms with E-state index in [1.807, 2.05) is 30.3 Å². The quantitative estimate of drug-likeness (QED) is 0.712. The van der Waals surface area contributed by atoms with Crippen molar-refractivity contribution in [3.8, 4) is 17.2 Å². The number of carbonyl (C=O) groups excluding carboxylic acids is 1. The minimum Gasteiger partial charge on any atom is -0.497 e. The molecule has 3 rings (SSSR count). The molecule has 1 aromatic heterocycles. The Bertz CT molecular complexity index is 1050. The maximum absolute atomic E-state index is 12.6. The molecule has 0 aliphatic rings. The molecule has 0 radical (unpaired) electrons. The molecule has 1 amide bonds. The van der Waals surface area contributed by atoms with E-state index in [4.69, 9.17) is 9.47 Å². The minimum atomic E-state index is -0.549. The molecule has 144 valence electrons. The highest BCUT2D eigenvalue weighted by molar-refractivity contribution is 5.92. The average Bonchev–Trinajstić information content (AvgIpc) is 2.72. The van der Waals surface area contributed by atoms with Crippen molar-refractivity contribution in [2.75, 3.05) is 14.2 Å². The second-order valence-corrected chi connectivity index (χ2v) is 6.11. The van der Waals surface area contributed by atoms with E-state index in [9.17, 15) is 9.59 Å². The van der Waals surface area contributed by atoms with Crippen LogP contribution in [0.1, 0.15) is 21.7 Å². The van der Waals surface area contributed by atoms with Gasteiger partial charge in [-0.3, -0.25) is 9.59 Å². The lowest BCUT2D eigenvalue weighted by Crippen LogP contribution is -2.31. The molecule has 1 N–H and O–H groups in total. The Morgan fingerprint density at radius 3 is 2.50 bits per heavy atom. The summed E-state index contributed by atoms with van der Waals surface area (Å²) in [5, 5.41) is 7.00. The smallest absolute Gasteiger partial charge is 0.276 e. The molecule has 3 aromatic rings. The number of aromatic nitrogens is 2. The van der Waals surface area contributed by atoms with Gasteiger partial charge in [-0.1, -0.05) is 18.2 Å². The van der Waals surface area contributed by atoms with Gasteiger partial charge in [-0.2, -0.15) is 5.10 Å². The number of benzene rings is 2. The van der Waals surface area contributed by atoms with Crippen molar-refractivity contribution in [3.05, 3.63) is 81.8 Å². The van der Waals surface area contributed by atoms with Crippen LogP contribution in [0.2, 0.25) is 0 Å². The third kappa shape index (κ3) is 4.03. The molecular formula is C21H21N3O4. The van der Waals surface area contributed by atoms with Crippen LogP contribution < -0.4 is 20.2 Å². The van der Waals surface area contributed by atoms with Crippen molar-refractivity contribution in [1.82, 2.24) is 15.1 Å². The largest absolute Gasteiger partial charge is 0.497 e. The second-order valence-electron chi connectivity index (χ2n) is 6.11. The van der Waals surface area contributed by atoms with Crippen molar-refractivity contribution >= 4 is 5.91 Å². The number of rotatable bonds is 6. The lowest BCUT2D eigenvalue weighted by Gasteiger charge is -2.13. The van der Waals surface area contributed by atoms with Gasteiger partial charge in [-0.15, -0.1) is 0 Å². The highest BCUT2D eigenvalue weighted by atomic mass is 16.5. The number of nitrogens with one attached hydrogen (secondary N) is 1. The topological polar surface area (TPSA) is 82.5 Å². The summed E-state index contributed by atoms with van der Waals surface area (Å²) < 4.78 is 12.1. The van der Waals surface area contributed by atoms with E-state index in [0.29, 0.717) is 17.2 Å². The highest BCUT2D eigenvalue weighted by Gasteiger charge is 2.16. The van der Waals surface area contributed by atoms with Gasteiger partial charge in [0.2, 0.25) is 5.43 Å². The van der Waals surface area contributed by atoms with Crippen LogP contribution in [0.5, 0.6) is 11.5 Å². The third-order valence-corrected chi connectivity index (χ3v) is 4.26. The summed E-state index contributed by atoms with van der Waals surface area (Å²) in [7, 11) is 3.11. The van der Waals surface area contributed by atoms with E-state index in [0.717, 1.165) is 11.3 Å². The maximum atomic E-state index is 12.6. The van der Waals surface area contributed by atoms with Crippen LogP contribution in [-0.2, 0) is 6.54 Å². The summed E-state index contributed by atoms with van der Waals surface area (Å²) in [5.41, 5.74) is 1.58. The van der Waals surface area contributed by atoms with Gasteiger partial charge < -0.3 is 14.8 Å². The Morgan fingerprint density at radius 1 is 1.07 bits per heavy atom. The van der Waals surface area contributed by atoms with Crippen molar-refractivity contribution < 1.29 is 14.3 Å². The van der Waals surface area contributed by atoms with Gasteiger partial charge in [-0.05, 0) is 31.2 Å². The van der Waals surface area contributed by atoms with Crippen LogP contribution in [0, 0.1) is 6.92 Å². The Hall–Kier alpha value is -3.61. The molecule has 2 aromatic carbocycles. The Kier molecular flexibility index (Phi) is 5.74. The summed E-state index contributed by atoms with van der Waals surface area (Å²) in [6, 6.07) is 16.0. The van der Waals surface area contributed by atoms with Gasteiger partial charge in [0.1, 0.15) is 11.5 Å². The Labute approximate surface area is 162 Å². The fraction of sp³-hybridized carbons (Fsp3) is 0.190. The van der Waals surface area contributed by atoms with Crippen LogP contribution in [0.15, 0.2) is 59.4 Å². The standard InChI is InChI=1S/C21H21N3O4/c1-14-11-18(25)20(23-24(14)16-7-5-4-6-8-16)21(26)22-13-15-9-10-17(27-2)12-19(15)28-3/h4-12H,13H2,1-3H3,(H,22,26). The number of ether oxygens (including phenoxy) is 2. The summed E-state index contributed by atoms with van der Waals surface area (Å²) in [6.45, 7) is 1.96. The van der Waals surface area contributed by atoms with E-state index in [1.54, 1.807) is 44.0 Å². The van der Waals surface area contributed by atoms with Gasteiger partial charge in [0.25, 0.3) is 5.91 Å². The van der Waals surface area contributed by atoms with Crippen LogP contribution in [0.3, 0.4) is 0 Å². The molecule has 0 aliphatic heterocycles. The minimum absolute atomic E-state index is 0.165. The van der Waals surface area contributed by atoms with Crippen molar-refractivity contribution in [1.29, 1.82) is 0 Å². The molecule has 7 nitrogen and oxygen atoms in total. The highest BCUT2D eigenvalue weighted by Crippen LogP contribution is 2.24. The van der Waals surface area contributed by atoms with E-state index >= 15 is 0 Å². The second kappa shape index (κ2) is 8.39. The molecule has 1 heterocycles. The maximum Gasteiger partial charge on any atom is 0.276 e. The Balaban J connectivity index is 1.84. The molecule has 0 bridgehead atoms. The lowest BCUT2D eigenvalue weighted by atomic mass is 10.2. The Morgan fingerprint density at radius 2 is 1.82 bits per heavy atom. The molecule has 28 heavy (non-hydrogen) atoms. The van der Waals surface area contributed by atoms with Gasteiger partial charge in [0.15, 0.2) is 5.69 Å². The zero-order valence-electron chi connectivity index (χ0n) is 15.9. The van der Waals surface area contributed by atoms with Crippen LogP contribution >= 0.6 is 0 Å². The monoisotopic (exact) mass is 379 g/mol. The third-order valence-electron chi connectivity index (χ3n) is 4.26. The van der Waals surface area contributed by atoms with Gasteiger partial charge in [-0.25, -0.2) is 4.68 Å². The molecule has 0 aliphatic carbocycles. The van der Waals surface area contributed by atoms with E-state index in [1.165, 1.54) is 6.07 Å². The van der Waals surface area contributed by atoms with Crippen molar-refractivity contribution in [3.63, 3.8) is 0 Å². The first-order chi connectivity index (χ1) is 13.5. The van der Waals surface area contributed by atoms with Gasteiger partial charge in [0, 0.05) is 29.9 Å². The number of carbonyl (C=O) groups is 1. The number of hydrogen-bond acceptors (Lipinski definition) is 5. The average molecular weight is 379 g/mol. The first-order valence-electron chi connectivity index (χ1n) is 8.69. The number of amides is 1. The molecule has 0 unspecified atom stereocenters. The van der Waals surface area contributed by atoms with E-state index in [2.05, 4.69) is 10.4 Å². The van der Waals surface area contributed by atoms with Crippen LogP contribution in [-0.4, -0.2) is 29.9 Å². The molecule has 0 fully saturated rings.